The van der Waals surface area contributed by atoms with E-state index >= 15 is 0 Å². The Labute approximate surface area is 81.3 Å². The normalized spacial score (nSPS) is 11.1. The van der Waals surface area contributed by atoms with Crippen LogP contribution in [0.25, 0.3) is 0 Å². The van der Waals surface area contributed by atoms with E-state index in [1.807, 2.05) is 0 Å². The zero-order chi connectivity index (χ0) is 11.6. The second kappa shape index (κ2) is 3.64. The maximum absolute atomic E-state index is 11.8. The first-order valence-corrected chi connectivity index (χ1v) is 3.54. The molecule has 0 fully saturated rings. The maximum Gasteiger partial charge on any atom is 0.573 e. The fraction of sp³-hybridized carbons (Fsp3) is 0.143. The largest absolute Gasteiger partial charge is 0.573 e. The number of hydrogen-bond acceptors (Lipinski definition) is 4. The quantitative estimate of drug-likeness (QED) is 0.786. The van der Waals surface area contributed by atoms with Crippen LogP contribution in [-0.2, 0) is 0 Å². The standard InChI is InChI=1S/C7H5F3N2O3/c8-7(9,10)15-4-1-5(11)12-2-3(4)6(13)14/h1-2H,(H2,11,12)(H,13,14). The summed E-state index contributed by atoms with van der Waals surface area (Å²) >= 11 is 0. The van der Waals surface area contributed by atoms with E-state index in [1.54, 1.807) is 0 Å². The fourth-order valence-electron chi connectivity index (χ4n) is 0.822. The molecular weight excluding hydrogens is 217 g/mol. The number of rotatable bonds is 2. The summed E-state index contributed by atoms with van der Waals surface area (Å²) < 4.78 is 39.0. The Hall–Kier alpha value is -1.99. The number of halogens is 3. The van der Waals surface area contributed by atoms with E-state index in [1.165, 1.54) is 0 Å². The monoisotopic (exact) mass is 222 g/mol. The van der Waals surface area contributed by atoms with Gasteiger partial charge in [0.1, 0.15) is 17.1 Å². The van der Waals surface area contributed by atoms with Crippen molar-refractivity contribution >= 4 is 11.8 Å². The van der Waals surface area contributed by atoms with E-state index < -0.39 is 23.6 Å². The lowest BCUT2D eigenvalue weighted by molar-refractivity contribution is -0.274. The Morgan fingerprint density at radius 2 is 2.13 bits per heavy atom. The van der Waals surface area contributed by atoms with Gasteiger partial charge in [0.2, 0.25) is 0 Å². The highest BCUT2D eigenvalue weighted by Crippen LogP contribution is 2.27. The molecule has 15 heavy (non-hydrogen) atoms. The molecule has 0 aliphatic heterocycles. The Morgan fingerprint density at radius 1 is 1.53 bits per heavy atom. The summed E-state index contributed by atoms with van der Waals surface area (Å²) in [5.74, 6) is -2.73. The van der Waals surface area contributed by atoms with Gasteiger partial charge in [-0.05, 0) is 0 Å². The van der Waals surface area contributed by atoms with Crippen molar-refractivity contribution in [1.82, 2.24) is 4.98 Å². The van der Waals surface area contributed by atoms with Gasteiger partial charge in [0.05, 0.1) is 0 Å². The van der Waals surface area contributed by atoms with Crippen LogP contribution < -0.4 is 10.5 Å². The van der Waals surface area contributed by atoms with Gasteiger partial charge in [0, 0.05) is 12.3 Å². The van der Waals surface area contributed by atoms with Crippen LogP contribution in [0, 0.1) is 0 Å². The number of aromatic carboxylic acids is 1. The molecule has 0 atom stereocenters. The lowest BCUT2D eigenvalue weighted by atomic mass is 10.2. The van der Waals surface area contributed by atoms with Gasteiger partial charge >= 0.3 is 12.3 Å². The molecule has 1 aromatic heterocycles. The molecule has 0 bridgehead atoms. The molecule has 0 radical (unpaired) electrons. The first-order valence-electron chi connectivity index (χ1n) is 3.54. The average Bonchev–Trinajstić information content (AvgIpc) is 1.99. The van der Waals surface area contributed by atoms with Crippen LogP contribution in [0.4, 0.5) is 19.0 Å². The van der Waals surface area contributed by atoms with E-state index in [2.05, 4.69) is 9.72 Å². The highest BCUT2D eigenvalue weighted by atomic mass is 19.4. The second-order valence-electron chi connectivity index (χ2n) is 2.46. The van der Waals surface area contributed by atoms with Gasteiger partial charge in [0.15, 0.2) is 0 Å². The van der Waals surface area contributed by atoms with Crippen LogP contribution in [0.5, 0.6) is 5.75 Å². The topological polar surface area (TPSA) is 85.4 Å². The summed E-state index contributed by atoms with van der Waals surface area (Å²) in [5.41, 5.74) is 4.39. The van der Waals surface area contributed by atoms with Crippen molar-refractivity contribution in [2.75, 3.05) is 5.73 Å². The first-order chi connectivity index (χ1) is 6.79. The molecule has 0 aliphatic rings. The van der Waals surface area contributed by atoms with Gasteiger partial charge in [-0.25, -0.2) is 9.78 Å². The average molecular weight is 222 g/mol. The molecule has 1 rings (SSSR count). The number of nitrogens with zero attached hydrogens (tertiary/aromatic N) is 1. The molecule has 0 aromatic carbocycles. The molecule has 0 amide bonds. The third kappa shape index (κ3) is 3.01. The minimum absolute atomic E-state index is 0.265. The van der Waals surface area contributed by atoms with Crippen molar-refractivity contribution in [1.29, 1.82) is 0 Å². The number of ether oxygens (including phenoxy) is 1. The molecule has 5 nitrogen and oxygen atoms in total. The molecule has 0 saturated carbocycles. The highest BCUT2D eigenvalue weighted by molar-refractivity contribution is 5.90. The molecule has 82 valence electrons. The minimum atomic E-state index is -4.97. The fourth-order valence-corrected chi connectivity index (χ4v) is 0.822. The molecule has 1 heterocycles. The summed E-state index contributed by atoms with van der Waals surface area (Å²) in [6, 6.07) is 0.691. The lowest BCUT2D eigenvalue weighted by Gasteiger charge is -2.10. The minimum Gasteiger partial charge on any atom is -0.477 e. The van der Waals surface area contributed by atoms with E-state index in [0.717, 1.165) is 0 Å². The molecule has 0 unspecified atom stereocenters. The van der Waals surface area contributed by atoms with Gasteiger partial charge in [-0.2, -0.15) is 0 Å². The van der Waals surface area contributed by atoms with E-state index in [-0.39, 0.29) is 5.82 Å². The zero-order valence-corrected chi connectivity index (χ0v) is 7.08. The maximum atomic E-state index is 11.8. The van der Waals surface area contributed by atoms with Crippen molar-refractivity contribution < 1.29 is 27.8 Å². The van der Waals surface area contributed by atoms with Gasteiger partial charge < -0.3 is 15.6 Å². The number of anilines is 1. The molecule has 8 heteroatoms. The van der Waals surface area contributed by atoms with Crippen molar-refractivity contribution in [3.8, 4) is 5.75 Å². The van der Waals surface area contributed by atoms with Crippen LogP contribution in [0.3, 0.4) is 0 Å². The first kappa shape index (κ1) is 11.1. The van der Waals surface area contributed by atoms with Gasteiger partial charge in [0.25, 0.3) is 0 Å². The van der Waals surface area contributed by atoms with Crippen molar-refractivity contribution in [2.24, 2.45) is 0 Å². The SMILES string of the molecule is Nc1cc(OC(F)(F)F)c(C(=O)O)cn1. The van der Waals surface area contributed by atoms with Gasteiger partial charge in [-0.1, -0.05) is 0 Å². The van der Waals surface area contributed by atoms with Gasteiger partial charge in [-0.15, -0.1) is 13.2 Å². The Kier molecular flexibility index (Phi) is 2.69. The summed E-state index contributed by atoms with van der Waals surface area (Å²) in [5, 5.41) is 8.53. The number of alkyl halides is 3. The third-order valence-corrected chi connectivity index (χ3v) is 1.34. The Balaban J connectivity index is 3.13. The molecule has 3 N–H and O–H groups in total. The van der Waals surface area contributed by atoms with Crippen LogP contribution in [0.2, 0.25) is 0 Å². The van der Waals surface area contributed by atoms with Crippen LogP contribution >= 0.6 is 0 Å². The number of pyridine rings is 1. The molecule has 0 spiro atoms. The zero-order valence-electron chi connectivity index (χ0n) is 7.08. The van der Waals surface area contributed by atoms with Crippen molar-refractivity contribution in [2.45, 2.75) is 6.36 Å². The predicted octanol–water partition coefficient (Wildman–Crippen LogP) is 1.26. The van der Waals surface area contributed by atoms with Gasteiger partial charge in [-0.3, -0.25) is 0 Å². The van der Waals surface area contributed by atoms with E-state index in [9.17, 15) is 18.0 Å². The van der Waals surface area contributed by atoms with Crippen LogP contribution in [0.1, 0.15) is 10.4 Å². The number of carboxylic acids is 1. The molecule has 0 aliphatic carbocycles. The van der Waals surface area contributed by atoms with Crippen LogP contribution in [0.15, 0.2) is 12.3 Å². The van der Waals surface area contributed by atoms with Crippen LogP contribution in [-0.4, -0.2) is 22.4 Å². The second-order valence-corrected chi connectivity index (χ2v) is 2.46. The summed E-state index contributed by atoms with van der Waals surface area (Å²) in [6.45, 7) is 0. The number of carboxylic acid groups (broad SMARTS) is 1. The Morgan fingerprint density at radius 3 is 2.60 bits per heavy atom. The number of carbonyl (C=O) groups is 1. The van der Waals surface area contributed by atoms with Crippen molar-refractivity contribution in [3.05, 3.63) is 17.8 Å². The number of nitrogens with two attached hydrogens (primary N) is 1. The Bertz CT molecular complexity index is 392. The highest BCUT2D eigenvalue weighted by Gasteiger charge is 2.33. The predicted molar refractivity (Wildman–Crippen MR) is 42.3 cm³/mol. The third-order valence-electron chi connectivity index (χ3n) is 1.34. The smallest absolute Gasteiger partial charge is 0.477 e. The van der Waals surface area contributed by atoms with E-state index in [0.29, 0.717) is 12.3 Å². The number of hydrogen-bond donors (Lipinski definition) is 2. The summed E-state index contributed by atoms with van der Waals surface area (Å²) in [7, 11) is 0. The van der Waals surface area contributed by atoms with E-state index in [4.69, 9.17) is 10.8 Å². The number of aromatic nitrogens is 1. The summed E-state index contributed by atoms with van der Waals surface area (Å²) in [6.07, 6.45) is -4.28. The molecule has 0 saturated heterocycles. The summed E-state index contributed by atoms with van der Waals surface area (Å²) in [4.78, 5) is 13.8. The number of nitrogen functional groups attached to an aromatic ring is 1. The molecular formula is C7H5F3N2O3. The lowest BCUT2D eigenvalue weighted by Crippen LogP contribution is -2.19. The van der Waals surface area contributed by atoms with Crippen molar-refractivity contribution in [3.63, 3.8) is 0 Å². The molecule has 1 aromatic rings.